The minimum absolute atomic E-state index is 0. The number of hydrogen-bond acceptors (Lipinski definition) is 5. The van der Waals surface area contributed by atoms with Gasteiger partial charge in [-0.25, -0.2) is 17.5 Å². The van der Waals surface area contributed by atoms with Gasteiger partial charge in [-0.1, -0.05) is 30.3 Å². The maximum Gasteiger partial charge on any atom is 0.235 e. The fraction of sp³-hybridized carbons (Fsp3) is 0.269. The van der Waals surface area contributed by atoms with Gasteiger partial charge in [0.05, 0.1) is 17.4 Å². The third-order valence-corrected chi connectivity index (χ3v) is 7.14. The molecular formula is C26H29FN2O5S. The number of fused-ring (bicyclic) bond motifs is 1. The van der Waals surface area contributed by atoms with Crippen molar-refractivity contribution in [2.24, 2.45) is 0 Å². The second-order valence-corrected chi connectivity index (χ2v) is 10.9. The quantitative estimate of drug-likeness (QED) is 0.489. The van der Waals surface area contributed by atoms with Crippen LogP contribution in [-0.2, 0) is 26.8 Å². The van der Waals surface area contributed by atoms with Crippen molar-refractivity contribution in [3.8, 4) is 22.6 Å². The van der Waals surface area contributed by atoms with E-state index in [0.717, 1.165) is 34.1 Å². The Kier molecular flexibility index (Phi) is 5.77. The summed E-state index contributed by atoms with van der Waals surface area (Å²) >= 11 is 0. The molecule has 0 unspecified atom stereocenters. The molecule has 1 heterocycles. The molecule has 0 bridgehead atoms. The Morgan fingerprint density at radius 3 is 2.46 bits per heavy atom. The zero-order chi connectivity index (χ0) is 24.8. The molecule has 1 saturated carbocycles. The van der Waals surface area contributed by atoms with E-state index in [0.29, 0.717) is 24.3 Å². The zero-order valence-corrected chi connectivity index (χ0v) is 20.2. The maximum atomic E-state index is 14.9. The van der Waals surface area contributed by atoms with E-state index in [4.69, 9.17) is 9.47 Å². The number of halogens is 1. The predicted octanol–water partition coefficient (Wildman–Crippen LogP) is 4.74. The number of carbonyl (C=O) groups is 1. The molecule has 35 heavy (non-hydrogen) atoms. The smallest absolute Gasteiger partial charge is 0.235 e. The molecule has 1 aliphatic heterocycles. The Morgan fingerprint density at radius 2 is 1.77 bits per heavy atom. The lowest BCUT2D eigenvalue weighted by Gasteiger charge is -2.18. The first-order valence-corrected chi connectivity index (χ1v) is 13.1. The van der Waals surface area contributed by atoms with Gasteiger partial charge in [-0.3, -0.25) is 4.79 Å². The summed E-state index contributed by atoms with van der Waals surface area (Å²) in [6.07, 6.45) is 2.45. The molecule has 0 spiro atoms. The highest BCUT2D eigenvalue weighted by molar-refractivity contribution is 7.88. The van der Waals surface area contributed by atoms with E-state index in [1.165, 1.54) is 6.07 Å². The third kappa shape index (κ3) is 4.74. The number of hydrogen-bond donors (Lipinski definition) is 2. The van der Waals surface area contributed by atoms with Crippen LogP contribution in [0.15, 0.2) is 54.6 Å². The Hall–Kier alpha value is -3.43. The molecule has 186 valence electrons. The van der Waals surface area contributed by atoms with Crippen molar-refractivity contribution in [2.75, 3.05) is 18.4 Å². The van der Waals surface area contributed by atoms with Crippen molar-refractivity contribution in [1.82, 2.24) is 4.72 Å². The summed E-state index contributed by atoms with van der Waals surface area (Å²) < 4.78 is 50.8. The van der Waals surface area contributed by atoms with Gasteiger partial charge in [0.25, 0.3) is 0 Å². The lowest BCUT2D eigenvalue weighted by molar-refractivity contribution is -0.118. The monoisotopic (exact) mass is 500 g/mol. The molecule has 7 nitrogen and oxygen atoms in total. The van der Waals surface area contributed by atoms with Crippen molar-refractivity contribution >= 4 is 21.6 Å². The molecule has 0 aromatic heterocycles. The van der Waals surface area contributed by atoms with Gasteiger partial charge in [0, 0.05) is 9.40 Å². The molecule has 3 aromatic carbocycles. The number of aryl methyl sites for hydroxylation is 1. The Balaban J connectivity index is 0.00000190. The van der Waals surface area contributed by atoms with E-state index in [2.05, 4.69) is 10.0 Å². The highest BCUT2D eigenvalue weighted by atomic mass is 32.2. The van der Waals surface area contributed by atoms with E-state index in [-0.39, 0.29) is 27.8 Å². The second kappa shape index (κ2) is 8.66. The van der Waals surface area contributed by atoms with E-state index < -0.39 is 21.3 Å². The van der Waals surface area contributed by atoms with E-state index in [1.807, 2.05) is 36.4 Å². The van der Waals surface area contributed by atoms with Gasteiger partial charge in [-0.15, -0.1) is 0 Å². The van der Waals surface area contributed by atoms with Crippen LogP contribution < -0.4 is 19.5 Å². The Labute approximate surface area is 206 Å². The first-order chi connectivity index (χ1) is 16.6. The summed E-state index contributed by atoms with van der Waals surface area (Å²) in [5.74, 6) is 0.500. The molecule has 0 saturated heterocycles. The van der Waals surface area contributed by atoms with Crippen LogP contribution in [-0.4, -0.2) is 27.4 Å². The van der Waals surface area contributed by atoms with Crippen molar-refractivity contribution in [3.63, 3.8) is 0 Å². The number of anilines is 1. The Bertz CT molecular complexity index is 1430. The normalized spacial score (nSPS) is 15.6. The topological polar surface area (TPSA) is 93.7 Å². The van der Waals surface area contributed by atoms with Gasteiger partial charge in [0.1, 0.15) is 5.82 Å². The minimum atomic E-state index is -3.29. The standard InChI is InChI=1S/C26H25FN2O5S.2H2/c1-16-11-21(27)22(13-20(16)18-5-3-17(4-6-18)14-28-35(2,31)32)29-25(30)26(9-10-26)19-7-8-23-24(12-19)34-15-33-23;;/h3-8,11-13,28H,9-10,14-15H2,1-2H3,(H,29,30);2*1H. The summed E-state index contributed by atoms with van der Waals surface area (Å²) in [4.78, 5) is 13.3. The molecule has 1 amide bonds. The van der Waals surface area contributed by atoms with Gasteiger partial charge in [0.15, 0.2) is 11.5 Å². The maximum absolute atomic E-state index is 14.9. The number of amides is 1. The van der Waals surface area contributed by atoms with Crippen LogP contribution in [0.3, 0.4) is 0 Å². The second-order valence-electron chi connectivity index (χ2n) is 9.04. The first kappa shape index (κ1) is 23.3. The van der Waals surface area contributed by atoms with Crippen molar-refractivity contribution in [2.45, 2.75) is 31.7 Å². The van der Waals surface area contributed by atoms with Crippen LogP contribution >= 0.6 is 0 Å². The third-order valence-electron chi connectivity index (χ3n) is 6.48. The average Bonchev–Trinajstić information content (AvgIpc) is 3.50. The van der Waals surface area contributed by atoms with Crippen molar-refractivity contribution in [1.29, 1.82) is 0 Å². The van der Waals surface area contributed by atoms with Crippen LogP contribution in [0.1, 0.15) is 32.4 Å². The fourth-order valence-corrected chi connectivity index (χ4v) is 4.73. The van der Waals surface area contributed by atoms with Crippen LogP contribution in [0.2, 0.25) is 0 Å². The molecule has 5 rings (SSSR count). The highest BCUT2D eigenvalue weighted by Gasteiger charge is 2.51. The summed E-state index contributed by atoms with van der Waals surface area (Å²) in [7, 11) is -3.29. The zero-order valence-electron chi connectivity index (χ0n) is 19.4. The minimum Gasteiger partial charge on any atom is -0.454 e. The molecule has 0 atom stereocenters. The van der Waals surface area contributed by atoms with Crippen LogP contribution in [0.4, 0.5) is 10.1 Å². The lowest BCUT2D eigenvalue weighted by Crippen LogP contribution is -2.28. The summed E-state index contributed by atoms with van der Waals surface area (Å²) in [6, 6.07) is 15.8. The summed E-state index contributed by atoms with van der Waals surface area (Å²) in [5, 5.41) is 2.80. The van der Waals surface area contributed by atoms with Crippen LogP contribution in [0.5, 0.6) is 11.5 Å². The van der Waals surface area contributed by atoms with Gasteiger partial charge >= 0.3 is 0 Å². The highest BCUT2D eigenvalue weighted by Crippen LogP contribution is 2.51. The molecule has 1 fully saturated rings. The largest absolute Gasteiger partial charge is 0.454 e. The van der Waals surface area contributed by atoms with Gasteiger partial charge in [-0.05, 0) is 71.8 Å². The van der Waals surface area contributed by atoms with Crippen molar-refractivity contribution < 1.29 is 29.9 Å². The molecule has 9 heteroatoms. The van der Waals surface area contributed by atoms with E-state index in [9.17, 15) is 17.6 Å². The predicted molar refractivity (Wildman–Crippen MR) is 135 cm³/mol. The number of sulfonamides is 1. The van der Waals surface area contributed by atoms with Crippen molar-refractivity contribution in [3.05, 3.63) is 77.1 Å². The number of ether oxygens (including phenoxy) is 2. The van der Waals surface area contributed by atoms with Crippen LogP contribution in [0, 0.1) is 12.7 Å². The van der Waals surface area contributed by atoms with E-state index in [1.54, 1.807) is 19.1 Å². The molecule has 2 aliphatic rings. The average molecular weight is 501 g/mol. The molecule has 2 N–H and O–H groups in total. The molecule has 0 radical (unpaired) electrons. The SMILES string of the molecule is Cc1cc(F)c(NC(=O)C2(c3ccc4c(c3)OCO4)CC2)cc1-c1ccc(CNS(C)(=O)=O)cc1.[HH].[HH]. The van der Waals surface area contributed by atoms with Gasteiger partial charge in [0.2, 0.25) is 22.7 Å². The summed E-state index contributed by atoms with van der Waals surface area (Å²) in [6.45, 7) is 2.15. The molecule has 1 aliphatic carbocycles. The fourth-order valence-electron chi connectivity index (χ4n) is 4.30. The molecular weight excluding hydrogens is 471 g/mol. The lowest BCUT2D eigenvalue weighted by atomic mass is 9.94. The van der Waals surface area contributed by atoms with Crippen LogP contribution in [0.25, 0.3) is 11.1 Å². The summed E-state index contributed by atoms with van der Waals surface area (Å²) in [5.41, 5.74) is 3.35. The van der Waals surface area contributed by atoms with Gasteiger partial charge < -0.3 is 14.8 Å². The molecule has 3 aromatic rings. The number of nitrogens with one attached hydrogen (secondary N) is 2. The Morgan fingerprint density at radius 1 is 1.06 bits per heavy atom. The van der Waals surface area contributed by atoms with E-state index >= 15 is 0 Å². The number of benzene rings is 3. The number of rotatable bonds is 7. The first-order valence-electron chi connectivity index (χ1n) is 11.2. The number of carbonyl (C=O) groups excluding carboxylic acids is 1. The van der Waals surface area contributed by atoms with Gasteiger partial charge in [-0.2, -0.15) is 0 Å².